The van der Waals surface area contributed by atoms with E-state index < -0.39 is 29.2 Å². The van der Waals surface area contributed by atoms with E-state index in [2.05, 4.69) is 20.7 Å². The van der Waals surface area contributed by atoms with E-state index in [-0.39, 0.29) is 12.4 Å². The summed E-state index contributed by atoms with van der Waals surface area (Å²) in [7, 11) is 0. The van der Waals surface area contributed by atoms with Gasteiger partial charge < -0.3 is 9.73 Å². The number of aryl methyl sites for hydroxylation is 3. The molecule has 2 amide bonds. The zero-order valence-electron chi connectivity index (χ0n) is 22.3. The topological polar surface area (TPSA) is 106 Å². The summed E-state index contributed by atoms with van der Waals surface area (Å²) in [6.07, 6.45) is 0. The second kappa shape index (κ2) is 10.6. The first-order valence-electron chi connectivity index (χ1n) is 12.2. The highest BCUT2D eigenvalue weighted by Crippen LogP contribution is 2.32. The smallest absolute Gasteiger partial charge is 0.251 e. The number of furan rings is 1. The van der Waals surface area contributed by atoms with Crippen LogP contribution in [-0.4, -0.2) is 37.6 Å². The average Bonchev–Trinajstić information content (AvgIpc) is 3.46. The van der Waals surface area contributed by atoms with Gasteiger partial charge in [-0.05, 0) is 88.2 Å². The third kappa shape index (κ3) is 6.13. The first kappa shape index (κ1) is 26.7. The van der Waals surface area contributed by atoms with E-state index >= 15 is 0 Å². The average molecular weight is 519 g/mol. The number of aromatic nitrogens is 4. The molecule has 0 bridgehead atoms. The summed E-state index contributed by atoms with van der Waals surface area (Å²) in [6.45, 7) is 10.9. The Morgan fingerprint density at radius 2 is 1.76 bits per heavy atom. The Morgan fingerprint density at radius 3 is 2.37 bits per heavy atom. The van der Waals surface area contributed by atoms with Gasteiger partial charge in [-0.3, -0.25) is 14.5 Å². The van der Waals surface area contributed by atoms with Crippen LogP contribution in [0.25, 0.3) is 11.6 Å². The Labute approximate surface area is 220 Å². The summed E-state index contributed by atoms with van der Waals surface area (Å²) in [5, 5.41) is 15.3. The summed E-state index contributed by atoms with van der Waals surface area (Å²) in [6, 6.07) is 13.6. The van der Waals surface area contributed by atoms with Crippen molar-refractivity contribution < 1.29 is 18.4 Å². The quantitative estimate of drug-likeness (QED) is 0.381. The molecule has 2 aromatic heterocycles. The van der Waals surface area contributed by atoms with Gasteiger partial charge in [0, 0.05) is 11.2 Å². The number of amides is 2. The predicted molar refractivity (Wildman–Crippen MR) is 141 cm³/mol. The van der Waals surface area contributed by atoms with Crippen LogP contribution < -0.4 is 10.2 Å². The number of halogens is 1. The number of anilines is 1. The molecule has 0 fully saturated rings. The van der Waals surface area contributed by atoms with Gasteiger partial charge in [0.05, 0.1) is 0 Å². The van der Waals surface area contributed by atoms with Crippen molar-refractivity contribution in [2.45, 2.75) is 59.7 Å². The van der Waals surface area contributed by atoms with E-state index in [4.69, 9.17) is 4.42 Å². The van der Waals surface area contributed by atoms with Crippen molar-refractivity contribution in [2.75, 3.05) is 4.90 Å². The molecule has 1 atom stereocenters. The minimum absolute atomic E-state index is 0.240. The number of carbonyl (C=O) groups excluding carboxylic acids is 2. The Kier molecular flexibility index (Phi) is 7.43. The predicted octanol–water partition coefficient (Wildman–Crippen LogP) is 4.69. The van der Waals surface area contributed by atoms with Crippen LogP contribution >= 0.6 is 0 Å². The molecular weight excluding hydrogens is 487 g/mol. The van der Waals surface area contributed by atoms with Crippen molar-refractivity contribution >= 4 is 17.5 Å². The number of rotatable bonds is 7. The van der Waals surface area contributed by atoms with Crippen LogP contribution in [0.15, 0.2) is 59.0 Å². The maximum Gasteiger partial charge on any atom is 0.251 e. The lowest BCUT2D eigenvalue weighted by Gasteiger charge is -2.34. The maximum absolute atomic E-state index is 14.0. The molecule has 4 rings (SSSR count). The SMILES string of the molecule is Cc1ccc(N(C(=O)Cn2nnc(-c3ccc(C)o3)n2)[C@H](C(=O)NC(C)(C)C)c2ccc(F)cc2)c(C)c1. The minimum Gasteiger partial charge on any atom is -0.458 e. The van der Waals surface area contributed by atoms with Crippen molar-refractivity contribution in [2.24, 2.45) is 0 Å². The fourth-order valence-electron chi connectivity index (χ4n) is 4.15. The Morgan fingerprint density at radius 1 is 1.05 bits per heavy atom. The number of hydrogen-bond acceptors (Lipinski definition) is 6. The van der Waals surface area contributed by atoms with Crippen molar-refractivity contribution in [1.82, 2.24) is 25.5 Å². The molecule has 0 aliphatic heterocycles. The third-order valence-corrected chi connectivity index (χ3v) is 5.76. The molecule has 0 aliphatic rings. The molecule has 38 heavy (non-hydrogen) atoms. The first-order valence-corrected chi connectivity index (χ1v) is 12.2. The molecule has 9 nitrogen and oxygen atoms in total. The molecule has 0 saturated carbocycles. The van der Waals surface area contributed by atoms with E-state index in [1.165, 1.54) is 29.2 Å². The van der Waals surface area contributed by atoms with Crippen LogP contribution in [0.1, 0.15) is 49.3 Å². The molecule has 2 aromatic carbocycles. The number of carbonyl (C=O) groups is 2. The largest absolute Gasteiger partial charge is 0.458 e. The Balaban J connectivity index is 1.78. The number of tetrazole rings is 1. The van der Waals surface area contributed by atoms with Gasteiger partial charge in [0.25, 0.3) is 5.91 Å². The number of hydrogen-bond donors (Lipinski definition) is 1. The van der Waals surface area contributed by atoms with E-state index in [0.717, 1.165) is 15.9 Å². The van der Waals surface area contributed by atoms with E-state index in [1.54, 1.807) is 25.1 Å². The molecule has 0 aliphatic carbocycles. The summed E-state index contributed by atoms with van der Waals surface area (Å²) in [4.78, 5) is 30.3. The van der Waals surface area contributed by atoms with Gasteiger partial charge in [-0.2, -0.15) is 4.80 Å². The first-order chi connectivity index (χ1) is 17.9. The van der Waals surface area contributed by atoms with Gasteiger partial charge in [0.15, 0.2) is 5.76 Å². The van der Waals surface area contributed by atoms with Crippen LogP contribution in [0, 0.1) is 26.6 Å². The molecule has 4 aromatic rings. The summed E-state index contributed by atoms with van der Waals surface area (Å²) < 4.78 is 19.4. The van der Waals surface area contributed by atoms with E-state index in [9.17, 15) is 14.0 Å². The molecule has 10 heteroatoms. The van der Waals surface area contributed by atoms with Gasteiger partial charge in [-0.25, -0.2) is 4.39 Å². The second-order valence-electron chi connectivity index (χ2n) is 10.3. The van der Waals surface area contributed by atoms with Crippen LogP contribution in [0.2, 0.25) is 0 Å². The van der Waals surface area contributed by atoms with Crippen molar-refractivity contribution in [1.29, 1.82) is 0 Å². The second-order valence-corrected chi connectivity index (χ2v) is 10.3. The summed E-state index contributed by atoms with van der Waals surface area (Å²) in [5.41, 5.74) is 2.23. The molecule has 2 heterocycles. The zero-order valence-corrected chi connectivity index (χ0v) is 22.3. The van der Waals surface area contributed by atoms with Gasteiger partial charge >= 0.3 is 0 Å². The molecular formula is C28H31FN6O3. The lowest BCUT2D eigenvalue weighted by molar-refractivity contribution is -0.128. The molecule has 198 valence electrons. The van der Waals surface area contributed by atoms with Crippen molar-refractivity contribution in [3.05, 3.63) is 82.9 Å². The fraction of sp³-hybridized carbons (Fsp3) is 0.321. The van der Waals surface area contributed by atoms with Crippen molar-refractivity contribution in [3.63, 3.8) is 0 Å². The third-order valence-electron chi connectivity index (χ3n) is 5.76. The van der Waals surface area contributed by atoms with Gasteiger partial charge in [0.2, 0.25) is 11.7 Å². The van der Waals surface area contributed by atoms with Crippen LogP contribution in [0.3, 0.4) is 0 Å². The number of nitrogens with one attached hydrogen (secondary N) is 1. The minimum atomic E-state index is -1.08. The summed E-state index contributed by atoms with van der Waals surface area (Å²) >= 11 is 0. The zero-order chi connectivity index (χ0) is 27.6. The van der Waals surface area contributed by atoms with Gasteiger partial charge in [-0.15, -0.1) is 10.2 Å². The highest BCUT2D eigenvalue weighted by Gasteiger charge is 2.35. The lowest BCUT2D eigenvalue weighted by Crippen LogP contribution is -2.50. The highest BCUT2D eigenvalue weighted by molar-refractivity contribution is 6.01. The van der Waals surface area contributed by atoms with E-state index in [0.29, 0.717) is 22.8 Å². The van der Waals surface area contributed by atoms with Gasteiger partial charge in [0.1, 0.15) is 24.2 Å². The normalized spacial score (nSPS) is 12.3. The molecule has 0 saturated heterocycles. The van der Waals surface area contributed by atoms with Gasteiger partial charge in [-0.1, -0.05) is 29.8 Å². The monoisotopic (exact) mass is 518 g/mol. The Hall–Kier alpha value is -4.34. The standard InChI is InChI=1S/C28H31FN6O3/c1-17-7-13-22(18(2)15-17)35(24(36)16-34-32-26(31-33-34)23-14-8-19(3)38-23)25(27(37)30-28(4,5)6)20-9-11-21(29)12-10-20/h7-15,25H,16H2,1-6H3,(H,30,37)/t25-/m0/s1. The molecule has 1 N–H and O–H groups in total. The van der Waals surface area contributed by atoms with E-state index in [1.807, 2.05) is 46.8 Å². The lowest BCUT2D eigenvalue weighted by atomic mass is 9.99. The van der Waals surface area contributed by atoms with Crippen LogP contribution in [0.4, 0.5) is 10.1 Å². The fourth-order valence-corrected chi connectivity index (χ4v) is 4.15. The van der Waals surface area contributed by atoms with Crippen LogP contribution in [0.5, 0.6) is 0 Å². The number of nitrogens with zero attached hydrogens (tertiary/aromatic N) is 5. The Bertz CT molecular complexity index is 1450. The molecule has 0 unspecified atom stereocenters. The highest BCUT2D eigenvalue weighted by atomic mass is 19.1. The molecule has 0 spiro atoms. The van der Waals surface area contributed by atoms with Crippen molar-refractivity contribution in [3.8, 4) is 11.6 Å². The number of benzene rings is 2. The molecule has 0 radical (unpaired) electrons. The van der Waals surface area contributed by atoms with Crippen LogP contribution in [-0.2, 0) is 16.1 Å². The summed E-state index contributed by atoms with van der Waals surface area (Å²) in [5.74, 6) is 0.0671. The maximum atomic E-state index is 14.0.